The molecule has 0 spiro atoms. The van der Waals surface area contributed by atoms with Crippen molar-refractivity contribution in [3.05, 3.63) is 70.7 Å². The van der Waals surface area contributed by atoms with Crippen molar-refractivity contribution in [3.63, 3.8) is 0 Å². The Labute approximate surface area is 124 Å². The fraction of sp³-hybridized carbons (Fsp3) is 0.200. The van der Waals surface area contributed by atoms with Crippen LogP contribution in [0.2, 0.25) is 5.02 Å². The fourth-order valence-electron chi connectivity index (χ4n) is 2.09. The number of hydrogen-bond acceptors (Lipinski definition) is 2. The van der Waals surface area contributed by atoms with Crippen LogP contribution in [0, 0.1) is 0 Å². The molecule has 19 heavy (non-hydrogen) atoms. The molecule has 0 bridgehead atoms. The van der Waals surface area contributed by atoms with Gasteiger partial charge >= 0.3 is 0 Å². The summed E-state index contributed by atoms with van der Waals surface area (Å²) in [5.74, 6) is 0. The molecule has 0 aromatic heterocycles. The lowest BCUT2D eigenvalue weighted by Crippen LogP contribution is -2.44. The minimum absolute atomic E-state index is 0. The van der Waals surface area contributed by atoms with E-state index in [-0.39, 0.29) is 12.4 Å². The molecule has 102 valence electrons. The quantitative estimate of drug-likeness (QED) is 0.913. The number of benzene rings is 2. The molecule has 0 aliphatic carbocycles. The Balaban J connectivity index is 0.00000180. The first-order valence-electron chi connectivity index (χ1n) is 5.84. The third-order valence-corrected chi connectivity index (χ3v) is 3.41. The van der Waals surface area contributed by atoms with Crippen LogP contribution in [0.25, 0.3) is 0 Å². The van der Waals surface area contributed by atoms with Crippen LogP contribution in [0.5, 0.6) is 0 Å². The topological polar surface area (TPSA) is 46.2 Å². The maximum absolute atomic E-state index is 11.0. The lowest BCUT2D eigenvalue weighted by Gasteiger charge is -2.33. The average molecular weight is 298 g/mol. The second-order valence-corrected chi connectivity index (χ2v) is 4.86. The van der Waals surface area contributed by atoms with Gasteiger partial charge in [-0.1, -0.05) is 54.1 Å². The van der Waals surface area contributed by atoms with Crippen molar-refractivity contribution in [3.8, 4) is 0 Å². The van der Waals surface area contributed by atoms with E-state index >= 15 is 0 Å². The summed E-state index contributed by atoms with van der Waals surface area (Å²) in [6.45, 7) is 1.79. The molecular weight excluding hydrogens is 281 g/mol. The van der Waals surface area contributed by atoms with E-state index in [1.807, 2.05) is 30.3 Å². The van der Waals surface area contributed by atoms with Gasteiger partial charge in [0.1, 0.15) is 5.60 Å². The summed E-state index contributed by atoms with van der Waals surface area (Å²) in [7, 11) is 0. The summed E-state index contributed by atoms with van der Waals surface area (Å²) in [4.78, 5) is 0. The summed E-state index contributed by atoms with van der Waals surface area (Å²) < 4.78 is 0. The number of rotatable bonds is 3. The molecule has 0 aliphatic rings. The van der Waals surface area contributed by atoms with Crippen molar-refractivity contribution < 1.29 is 5.11 Å². The lowest BCUT2D eigenvalue weighted by atomic mass is 9.81. The van der Waals surface area contributed by atoms with E-state index in [9.17, 15) is 5.11 Å². The maximum Gasteiger partial charge on any atom is 0.129 e. The molecule has 0 saturated carbocycles. The van der Waals surface area contributed by atoms with Gasteiger partial charge in [-0.15, -0.1) is 12.4 Å². The molecule has 2 nitrogen and oxygen atoms in total. The molecule has 0 fully saturated rings. The molecule has 2 rings (SSSR count). The molecule has 0 saturated heterocycles. The number of aliphatic hydroxyl groups is 1. The smallest absolute Gasteiger partial charge is 0.129 e. The largest absolute Gasteiger partial charge is 0.379 e. The highest BCUT2D eigenvalue weighted by Crippen LogP contribution is 2.32. The number of halogens is 2. The van der Waals surface area contributed by atoms with Crippen molar-refractivity contribution in [2.24, 2.45) is 5.73 Å². The first kappa shape index (κ1) is 16.0. The van der Waals surface area contributed by atoms with Crippen LogP contribution in [-0.4, -0.2) is 11.1 Å². The molecule has 0 heterocycles. The van der Waals surface area contributed by atoms with E-state index in [2.05, 4.69) is 0 Å². The van der Waals surface area contributed by atoms with E-state index in [1.165, 1.54) is 0 Å². The molecule has 0 radical (unpaired) electrons. The van der Waals surface area contributed by atoms with Crippen molar-refractivity contribution in [2.45, 2.75) is 18.6 Å². The Bertz CT molecular complexity index is 513. The molecular formula is C15H17Cl2NO. The zero-order valence-corrected chi connectivity index (χ0v) is 12.2. The number of nitrogens with two attached hydrogens (primary N) is 1. The second kappa shape index (κ2) is 6.40. The zero-order chi connectivity index (χ0) is 13.2. The Hall–Kier alpha value is -1.06. The van der Waals surface area contributed by atoms with E-state index in [0.717, 1.165) is 11.1 Å². The summed E-state index contributed by atoms with van der Waals surface area (Å²) in [5, 5.41) is 11.6. The second-order valence-electron chi connectivity index (χ2n) is 4.43. The molecule has 2 unspecified atom stereocenters. The average Bonchev–Trinajstić information content (AvgIpc) is 2.39. The molecule has 0 aliphatic heterocycles. The van der Waals surface area contributed by atoms with Crippen LogP contribution in [0.1, 0.15) is 18.1 Å². The first-order valence-corrected chi connectivity index (χ1v) is 6.22. The van der Waals surface area contributed by atoms with Crippen molar-refractivity contribution in [2.75, 3.05) is 0 Å². The Morgan fingerprint density at radius 2 is 1.47 bits per heavy atom. The SMILES string of the molecule is CC(N)C(O)(c1ccccc1)c1ccc(Cl)cc1.Cl. The summed E-state index contributed by atoms with van der Waals surface area (Å²) in [6.07, 6.45) is 0. The summed E-state index contributed by atoms with van der Waals surface area (Å²) in [6, 6.07) is 16.1. The first-order chi connectivity index (χ1) is 8.55. The summed E-state index contributed by atoms with van der Waals surface area (Å²) in [5.41, 5.74) is 6.31. The van der Waals surface area contributed by atoms with Crippen molar-refractivity contribution in [1.29, 1.82) is 0 Å². The van der Waals surface area contributed by atoms with E-state index in [1.54, 1.807) is 31.2 Å². The Morgan fingerprint density at radius 1 is 1.00 bits per heavy atom. The van der Waals surface area contributed by atoms with Crippen LogP contribution < -0.4 is 5.73 Å². The van der Waals surface area contributed by atoms with E-state index in [0.29, 0.717) is 5.02 Å². The van der Waals surface area contributed by atoms with Gasteiger partial charge < -0.3 is 10.8 Å². The van der Waals surface area contributed by atoms with Gasteiger partial charge in [-0.3, -0.25) is 0 Å². The molecule has 2 atom stereocenters. The monoisotopic (exact) mass is 297 g/mol. The molecule has 3 N–H and O–H groups in total. The molecule has 2 aromatic rings. The van der Waals surface area contributed by atoms with Gasteiger partial charge in [-0.05, 0) is 30.2 Å². The standard InChI is InChI=1S/C15H16ClNO.ClH/c1-11(17)15(18,12-5-3-2-4-6-12)13-7-9-14(16)10-8-13;/h2-11,18H,17H2,1H3;1H. The predicted octanol–water partition coefficient (Wildman–Crippen LogP) is 3.34. The Kier molecular flexibility index (Phi) is 5.39. The van der Waals surface area contributed by atoms with Crippen molar-refractivity contribution in [1.82, 2.24) is 0 Å². The molecule has 4 heteroatoms. The third kappa shape index (κ3) is 3.10. The highest BCUT2D eigenvalue weighted by Gasteiger charge is 2.35. The van der Waals surface area contributed by atoms with Gasteiger partial charge in [-0.2, -0.15) is 0 Å². The van der Waals surface area contributed by atoms with Crippen LogP contribution in [0.3, 0.4) is 0 Å². The molecule has 2 aromatic carbocycles. The molecule has 0 amide bonds. The van der Waals surface area contributed by atoms with Gasteiger partial charge in [0.05, 0.1) is 0 Å². The van der Waals surface area contributed by atoms with Gasteiger partial charge in [0.2, 0.25) is 0 Å². The summed E-state index contributed by atoms with van der Waals surface area (Å²) >= 11 is 5.87. The van der Waals surface area contributed by atoms with Gasteiger partial charge in [0.25, 0.3) is 0 Å². The van der Waals surface area contributed by atoms with Crippen LogP contribution in [-0.2, 0) is 5.60 Å². The van der Waals surface area contributed by atoms with Crippen molar-refractivity contribution >= 4 is 24.0 Å². The Morgan fingerprint density at radius 3 is 1.95 bits per heavy atom. The van der Waals surface area contributed by atoms with E-state index < -0.39 is 11.6 Å². The predicted molar refractivity (Wildman–Crippen MR) is 81.8 cm³/mol. The highest BCUT2D eigenvalue weighted by molar-refractivity contribution is 6.30. The minimum Gasteiger partial charge on any atom is -0.379 e. The number of hydrogen-bond donors (Lipinski definition) is 2. The van der Waals surface area contributed by atoms with Crippen LogP contribution >= 0.6 is 24.0 Å². The maximum atomic E-state index is 11.0. The van der Waals surface area contributed by atoms with Gasteiger partial charge in [0.15, 0.2) is 0 Å². The fourth-order valence-corrected chi connectivity index (χ4v) is 2.21. The van der Waals surface area contributed by atoms with E-state index in [4.69, 9.17) is 17.3 Å². The van der Waals surface area contributed by atoms with Crippen LogP contribution in [0.15, 0.2) is 54.6 Å². The van der Waals surface area contributed by atoms with Gasteiger partial charge in [0, 0.05) is 11.1 Å². The normalized spacial score (nSPS) is 15.2. The van der Waals surface area contributed by atoms with Gasteiger partial charge in [-0.25, -0.2) is 0 Å². The highest BCUT2D eigenvalue weighted by atomic mass is 35.5. The third-order valence-electron chi connectivity index (χ3n) is 3.16. The minimum atomic E-state index is -1.20. The zero-order valence-electron chi connectivity index (χ0n) is 10.6. The lowest BCUT2D eigenvalue weighted by molar-refractivity contribution is 0.0579. The van der Waals surface area contributed by atoms with Crippen LogP contribution in [0.4, 0.5) is 0 Å².